The van der Waals surface area contributed by atoms with Gasteiger partial charge in [-0.15, -0.1) is 0 Å². The van der Waals surface area contributed by atoms with Crippen molar-refractivity contribution >= 4 is 40.6 Å². The summed E-state index contributed by atoms with van der Waals surface area (Å²) in [7, 11) is 0. The van der Waals surface area contributed by atoms with Crippen LogP contribution in [0.4, 0.5) is 10.5 Å². The fourth-order valence-electron chi connectivity index (χ4n) is 3.71. The number of nitrogens with zero attached hydrogens (tertiary/aromatic N) is 3. The van der Waals surface area contributed by atoms with Gasteiger partial charge in [-0.25, -0.2) is 0 Å². The standard InChI is InChI=1S/C22H21N3O6S/c1-14-5-6-15(25(29)30)11-17(14)18-8-7-16(31-18)12-19-21(27)24(22(28)32-19)13-20(26)23-9-3-2-4-10-23/h5-8,11-12H,2-4,9-10,13H2,1H3/b19-12-. The molecule has 2 fully saturated rings. The maximum atomic E-state index is 12.7. The number of thioether (sulfide) groups is 1. The molecule has 0 saturated carbocycles. The van der Waals surface area contributed by atoms with Gasteiger partial charge in [0.05, 0.1) is 9.83 Å². The molecule has 0 unspecified atom stereocenters. The number of amides is 3. The first-order chi connectivity index (χ1) is 15.3. The molecule has 0 radical (unpaired) electrons. The van der Waals surface area contributed by atoms with Crippen molar-refractivity contribution in [1.82, 2.24) is 9.80 Å². The van der Waals surface area contributed by atoms with Gasteiger partial charge in [0.25, 0.3) is 16.8 Å². The van der Waals surface area contributed by atoms with E-state index in [0.717, 1.165) is 41.5 Å². The van der Waals surface area contributed by atoms with Crippen LogP contribution in [-0.4, -0.2) is 51.4 Å². The molecule has 0 aliphatic carbocycles. The predicted molar refractivity (Wildman–Crippen MR) is 119 cm³/mol. The average Bonchev–Trinajstić information content (AvgIpc) is 3.34. The Hall–Kier alpha value is -3.40. The van der Waals surface area contributed by atoms with E-state index in [1.54, 1.807) is 23.1 Å². The van der Waals surface area contributed by atoms with Crippen LogP contribution in [0.3, 0.4) is 0 Å². The number of nitro benzene ring substituents is 1. The fourth-order valence-corrected chi connectivity index (χ4v) is 4.53. The van der Waals surface area contributed by atoms with Crippen LogP contribution in [-0.2, 0) is 9.59 Å². The summed E-state index contributed by atoms with van der Waals surface area (Å²) in [6.45, 7) is 2.85. The molecule has 1 aromatic carbocycles. The maximum Gasteiger partial charge on any atom is 0.294 e. The van der Waals surface area contributed by atoms with E-state index in [2.05, 4.69) is 0 Å². The summed E-state index contributed by atoms with van der Waals surface area (Å²) in [5.74, 6) is -0.0137. The van der Waals surface area contributed by atoms with Crippen LogP contribution in [0.5, 0.6) is 0 Å². The van der Waals surface area contributed by atoms with E-state index in [4.69, 9.17) is 4.42 Å². The van der Waals surface area contributed by atoms with Gasteiger partial charge < -0.3 is 9.32 Å². The SMILES string of the molecule is Cc1ccc([N+](=O)[O-])cc1-c1ccc(/C=C2\SC(=O)N(CC(=O)N3CCCCC3)C2=O)o1. The van der Waals surface area contributed by atoms with Crippen molar-refractivity contribution in [3.63, 3.8) is 0 Å². The lowest BCUT2D eigenvalue weighted by Crippen LogP contribution is -2.44. The van der Waals surface area contributed by atoms with Gasteiger partial charge in [-0.2, -0.15) is 0 Å². The number of likely N-dealkylation sites (tertiary alicyclic amines) is 1. The molecule has 3 heterocycles. The van der Waals surface area contributed by atoms with Gasteiger partial charge in [-0.1, -0.05) is 6.07 Å². The number of aryl methyl sites for hydroxylation is 1. The van der Waals surface area contributed by atoms with Gasteiger partial charge in [0.1, 0.15) is 18.1 Å². The molecule has 2 aromatic rings. The second-order valence-corrected chi connectivity index (χ2v) is 8.66. The first-order valence-corrected chi connectivity index (χ1v) is 11.0. The predicted octanol–water partition coefficient (Wildman–Crippen LogP) is 4.21. The van der Waals surface area contributed by atoms with Crippen LogP contribution in [0.2, 0.25) is 0 Å². The highest BCUT2D eigenvalue weighted by molar-refractivity contribution is 8.18. The van der Waals surface area contributed by atoms with E-state index in [-0.39, 0.29) is 23.0 Å². The monoisotopic (exact) mass is 455 g/mol. The Morgan fingerprint density at radius 2 is 1.94 bits per heavy atom. The van der Waals surface area contributed by atoms with Gasteiger partial charge >= 0.3 is 0 Å². The van der Waals surface area contributed by atoms with Crippen molar-refractivity contribution in [2.45, 2.75) is 26.2 Å². The molecule has 32 heavy (non-hydrogen) atoms. The molecule has 2 saturated heterocycles. The number of hydrogen-bond acceptors (Lipinski definition) is 7. The summed E-state index contributed by atoms with van der Waals surface area (Å²) in [5.41, 5.74) is 1.31. The first kappa shape index (κ1) is 21.8. The Labute approximate surface area is 188 Å². The molecule has 0 N–H and O–H groups in total. The number of carbonyl (C=O) groups is 3. The van der Waals surface area contributed by atoms with Gasteiger partial charge in [-0.05, 0) is 55.6 Å². The minimum absolute atomic E-state index is 0.0527. The Morgan fingerprint density at radius 3 is 2.66 bits per heavy atom. The third-order valence-electron chi connectivity index (χ3n) is 5.47. The Balaban J connectivity index is 1.50. The second kappa shape index (κ2) is 8.99. The highest BCUT2D eigenvalue weighted by Gasteiger charge is 2.37. The lowest BCUT2D eigenvalue weighted by Gasteiger charge is -2.27. The molecule has 2 aliphatic rings. The molecule has 4 rings (SSSR count). The van der Waals surface area contributed by atoms with Gasteiger partial charge in [-0.3, -0.25) is 29.4 Å². The number of carbonyl (C=O) groups excluding carboxylic acids is 3. The van der Waals surface area contributed by atoms with Crippen molar-refractivity contribution in [3.05, 3.63) is 56.7 Å². The number of imide groups is 1. The molecule has 166 valence electrons. The van der Waals surface area contributed by atoms with E-state index in [0.29, 0.717) is 30.2 Å². The second-order valence-electron chi connectivity index (χ2n) is 7.67. The molecule has 10 heteroatoms. The van der Waals surface area contributed by atoms with Crippen LogP contribution in [0.1, 0.15) is 30.6 Å². The van der Waals surface area contributed by atoms with E-state index in [1.165, 1.54) is 18.2 Å². The van der Waals surface area contributed by atoms with Crippen molar-refractivity contribution in [1.29, 1.82) is 0 Å². The third kappa shape index (κ3) is 4.45. The Bertz CT molecular complexity index is 1130. The number of hydrogen-bond donors (Lipinski definition) is 0. The fraction of sp³-hybridized carbons (Fsp3) is 0.318. The molecule has 0 bridgehead atoms. The molecule has 0 atom stereocenters. The summed E-state index contributed by atoms with van der Waals surface area (Å²) in [6, 6.07) is 7.77. The smallest absolute Gasteiger partial charge is 0.294 e. The van der Waals surface area contributed by atoms with E-state index in [9.17, 15) is 24.5 Å². The van der Waals surface area contributed by atoms with Crippen LogP contribution < -0.4 is 0 Å². The normalized spacial score (nSPS) is 18.0. The summed E-state index contributed by atoms with van der Waals surface area (Å²) >= 11 is 0.758. The summed E-state index contributed by atoms with van der Waals surface area (Å²) < 4.78 is 5.77. The maximum absolute atomic E-state index is 12.7. The minimum Gasteiger partial charge on any atom is -0.457 e. The number of nitro groups is 1. The molecule has 9 nitrogen and oxygen atoms in total. The highest BCUT2D eigenvalue weighted by atomic mass is 32.2. The number of benzene rings is 1. The topological polar surface area (TPSA) is 114 Å². The van der Waals surface area contributed by atoms with Crippen LogP contribution in [0.15, 0.2) is 39.7 Å². The molecule has 3 amide bonds. The zero-order valence-electron chi connectivity index (χ0n) is 17.4. The molecule has 2 aliphatic heterocycles. The number of piperidine rings is 1. The van der Waals surface area contributed by atoms with E-state index in [1.807, 2.05) is 6.92 Å². The van der Waals surface area contributed by atoms with Crippen molar-refractivity contribution in [3.8, 4) is 11.3 Å². The lowest BCUT2D eigenvalue weighted by atomic mass is 10.1. The Kier molecular flexibility index (Phi) is 6.13. The van der Waals surface area contributed by atoms with E-state index >= 15 is 0 Å². The van der Waals surface area contributed by atoms with Gasteiger partial charge in [0, 0.05) is 36.9 Å². The zero-order chi connectivity index (χ0) is 22.8. The molecule has 1 aromatic heterocycles. The van der Waals surface area contributed by atoms with Crippen LogP contribution in [0, 0.1) is 17.0 Å². The molecular formula is C22H21N3O6S. The quantitative estimate of drug-likeness (QED) is 0.377. The summed E-state index contributed by atoms with van der Waals surface area (Å²) in [6.07, 6.45) is 4.39. The van der Waals surface area contributed by atoms with Crippen LogP contribution >= 0.6 is 11.8 Å². The summed E-state index contributed by atoms with van der Waals surface area (Å²) in [5, 5.41) is 10.6. The third-order valence-corrected chi connectivity index (χ3v) is 6.38. The van der Waals surface area contributed by atoms with Gasteiger partial charge in [0.2, 0.25) is 5.91 Å². The van der Waals surface area contributed by atoms with Crippen molar-refractivity contribution < 1.29 is 23.7 Å². The highest BCUT2D eigenvalue weighted by Crippen LogP contribution is 2.34. The number of furan rings is 1. The first-order valence-electron chi connectivity index (χ1n) is 10.2. The molecular weight excluding hydrogens is 434 g/mol. The van der Waals surface area contributed by atoms with Crippen molar-refractivity contribution in [2.24, 2.45) is 0 Å². The Morgan fingerprint density at radius 1 is 1.19 bits per heavy atom. The minimum atomic E-state index is -0.533. The average molecular weight is 455 g/mol. The molecule has 0 spiro atoms. The largest absolute Gasteiger partial charge is 0.457 e. The van der Waals surface area contributed by atoms with Crippen LogP contribution in [0.25, 0.3) is 17.4 Å². The lowest BCUT2D eigenvalue weighted by molar-refractivity contribution is -0.384. The zero-order valence-corrected chi connectivity index (χ0v) is 18.2. The number of non-ortho nitro benzene ring substituents is 1. The summed E-state index contributed by atoms with van der Waals surface area (Å²) in [4.78, 5) is 50.9. The van der Waals surface area contributed by atoms with E-state index < -0.39 is 16.1 Å². The van der Waals surface area contributed by atoms with Gasteiger partial charge in [0.15, 0.2) is 0 Å². The number of rotatable bonds is 5. The van der Waals surface area contributed by atoms with Crippen molar-refractivity contribution in [2.75, 3.05) is 19.6 Å².